The van der Waals surface area contributed by atoms with E-state index in [1.807, 2.05) is 36.4 Å². The number of para-hydroxylation sites is 1. The summed E-state index contributed by atoms with van der Waals surface area (Å²) in [6.45, 7) is 5.02. The minimum absolute atomic E-state index is 0.190. The highest BCUT2D eigenvalue weighted by Crippen LogP contribution is 2.34. The van der Waals surface area contributed by atoms with Crippen LogP contribution in [0.5, 0.6) is 0 Å². The van der Waals surface area contributed by atoms with E-state index in [-0.39, 0.29) is 5.91 Å². The number of benzene rings is 3. The average molecular weight is 446 g/mol. The number of carbonyl (C=O) groups is 1. The second kappa shape index (κ2) is 9.17. The predicted molar refractivity (Wildman–Crippen MR) is 129 cm³/mol. The Labute approximate surface area is 192 Å². The van der Waals surface area contributed by atoms with E-state index in [0.29, 0.717) is 16.3 Å². The van der Waals surface area contributed by atoms with Gasteiger partial charge in [0.05, 0.1) is 5.69 Å². The second-order valence-corrected chi connectivity index (χ2v) is 8.41. The zero-order chi connectivity index (χ0) is 21.9. The molecule has 5 rings (SSSR count). The van der Waals surface area contributed by atoms with Crippen molar-refractivity contribution in [2.24, 2.45) is 0 Å². The van der Waals surface area contributed by atoms with Crippen LogP contribution >= 0.6 is 11.6 Å². The van der Waals surface area contributed by atoms with E-state index in [4.69, 9.17) is 16.0 Å². The van der Waals surface area contributed by atoms with E-state index >= 15 is 0 Å². The summed E-state index contributed by atoms with van der Waals surface area (Å²) in [4.78, 5) is 15.2. The van der Waals surface area contributed by atoms with Crippen LogP contribution in [-0.4, -0.2) is 37.0 Å². The van der Waals surface area contributed by atoms with Crippen LogP contribution in [0, 0.1) is 0 Å². The normalized spacial score (nSPS) is 14.5. The Balaban J connectivity index is 1.44. The predicted octanol–water partition coefficient (Wildman–Crippen LogP) is 5.41. The highest BCUT2D eigenvalue weighted by molar-refractivity contribution is 6.30. The standard InChI is InChI=1S/C26H24ClN3O2/c27-20-10-8-18(9-11-20)26(31)29-23-6-2-1-5-21(23)25-16-22-19(4-3-7-24(22)32-25)17-30-14-12-28-13-15-30/h1-11,16,28H,12-15,17H2,(H,29,31). The van der Waals surface area contributed by atoms with Gasteiger partial charge in [0.1, 0.15) is 11.3 Å². The fourth-order valence-electron chi connectivity index (χ4n) is 4.10. The molecule has 0 aliphatic carbocycles. The average Bonchev–Trinajstić information content (AvgIpc) is 3.26. The van der Waals surface area contributed by atoms with E-state index in [9.17, 15) is 4.79 Å². The topological polar surface area (TPSA) is 57.5 Å². The molecule has 2 heterocycles. The third kappa shape index (κ3) is 4.41. The molecule has 4 aromatic rings. The zero-order valence-electron chi connectivity index (χ0n) is 17.6. The van der Waals surface area contributed by atoms with Gasteiger partial charge in [-0.1, -0.05) is 35.9 Å². The number of fused-ring (bicyclic) bond motifs is 1. The van der Waals surface area contributed by atoms with Crippen molar-refractivity contribution in [2.75, 3.05) is 31.5 Å². The van der Waals surface area contributed by atoms with E-state index in [1.165, 1.54) is 5.56 Å². The molecular weight excluding hydrogens is 422 g/mol. The molecule has 5 nitrogen and oxygen atoms in total. The van der Waals surface area contributed by atoms with Gasteiger partial charge >= 0.3 is 0 Å². The Hall–Kier alpha value is -3.12. The van der Waals surface area contributed by atoms with Crippen LogP contribution < -0.4 is 10.6 Å². The van der Waals surface area contributed by atoms with Gasteiger partial charge in [-0.25, -0.2) is 0 Å². The number of rotatable bonds is 5. The molecule has 2 N–H and O–H groups in total. The third-order valence-electron chi connectivity index (χ3n) is 5.80. The minimum atomic E-state index is -0.190. The maximum atomic E-state index is 12.8. The van der Waals surface area contributed by atoms with Gasteiger partial charge in [-0.15, -0.1) is 0 Å². The maximum absolute atomic E-state index is 12.8. The summed E-state index contributed by atoms with van der Waals surface area (Å²) in [5, 5.41) is 8.12. The van der Waals surface area contributed by atoms with Crippen LogP contribution in [0.25, 0.3) is 22.3 Å². The Morgan fingerprint density at radius 3 is 2.59 bits per heavy atom. The number of halogens is 1. The zero-order valence-corrected chi connectivity index (χ0v) is 18.4. The van der Waals surface area contributed by atoms with Crippen molar-refractivity contribution in [3.05, 3.63) is 88.9 Å². The number of hydrogen-bond donors (Lipinski definition) is 2. The first-order chi connectivity index (χ1) is 15.7. The van der Waals surface area contributed by atoms with Gasteiger partial charge in [0, 0.05) is 54.3 Å². The Kier molecular flexibility index (Phi) is 5.95. The molecule has 1 saturated heterocycles. The first-order valence-corrected chi connectivity index (χ1v) is 11.2. The molecular formula is C26H24ClN3O2. The molecule has 162 valence electrons. The number of nitrogens with one attached hydrogen (secondary N) is 2. The lowest BCUT2D eigenvalue weighted by Gasteiger charge is -2.27. The molecule has 1 fully saturated rings. The molecule has 1 aliphatic rings. The number of nitrogens with zero attached hydrogens (tertiary/aromatic N) is 1. The highest BCUT2D eigenvalue weighted by atomic mass is 35.5. The van der Waals surface area contributed by atoms with Crippen molar-refractivity contribution in [3.8, 4) is 11.3 Å². The Morgan fingerprint density at radius 2 is 1.78 bits per heavy atom. The maximum Gasteiger partial charge on any atom is 0.255 e. The van der Waals surface area contributed by atoms with Gasteiger partial charge in [0.15, 0.2) is 0 Å². The first-order valence-electron chi connectivity index (χ1n) is 10.8. The molecule has 3 aromatic carbocycles. The van der Waals surface area contributed by atoms with Crippen LogP contribution in [0.1, 0.15) is 15.9 Å². The number of furan rings is 1. The molecule has 32 heavy (non-hydrogen) atoms. The van der Waals surface area contributed by atoms with Gasteiger partial charge in [0.2, 0.25) is 0 Å². The number of carbonyl (C=O) groups excluding carboxylic acids is 1. The second-order valence-electron chi connectivity index (χ2n) is 7.97. The summed E-state index contributed by atoms with van der Waals surface area (Å²) in [5.74, 6) is 0.546. The summed E-state index contributed by atoms with van der Waals surface area (Å²) in [7, 11) is 0. The van der Waals surface area contributed by atoms with Crippen molar-refractivity contribution in [2.45, 2.75) is 6.54 Å². The molecule has 1 aromatic heterocycles. The van der Waals surface area contributed by atoms with Crippen molar-refractivity contribution >= 4 is 34.2 Å². The van der Waals surface area contributed by atoms with Crippen LogP contribution in [-0.2, 0) is 6.54 Å². The van der Waals surface area contributed by atoms with Crippen molar-refractivity contribution in [1.29, 1.82) is 0 Å². The van der Waals surface area contributed by atoms with Gasteiger partial charge in [-0.2, -0.15) is 0 Å². The molecule has 1 aliphatic heterocycles. The quantitative estimate of drug-likeness (QED) is 0.431. The summed E-state index contributed by atoms with van der Waals surface area (Å²) in [6, 6.07) is 22.8. The third-order valence-corrected chi connectivity index (χ3v) is 6.05. The molecule has 6 heteroatoms. The van der Waals surface area contributed by atoms with Gasteiger partial charge in [-0.3, -0.25) is 9.69 Å². The molecule has 0 unspecified atom stereocenters. The molecule has 0 spiro atoms. The minimum Gasteiger partial charge on any atom is -0.456 e. The lowest BCUT2D eigenvalue weighted by molar-refractivity contribution is 0.102. The summed E-state index contributed by atoms with van der Waals surface area (Å²) >= 11 is 5.94. The lowest BCUT2D eigenvalue weighted by Crippen LogP contribution is -2.42. The van der Waals surface area contributed by atoms with Crippen molar-refractivity contribution in [1.82, 2.24) is 10.2 Å². The van der Waals surface area contributed by atoms with E-state index in [1.54, 1.807) is 24.3 Å². The van der Waals surface area contributed by atoms with Gasteiger partial charge in [-0.05, 0) is 54.1 Å². The number of hydrogen-bond acceptors (Lipinski definition) is 4. The van der Waals surface area contributed by atoms with Crippen LogP contribution in [0.2, 0.25) is 5.02 Å². The Bertz CT molecular complexity index is 1240. The molecule has 1 amide bonds. The van der Waals surface area contributed by atoms with Crippen LogP contribution in [0.15, 0.2) is 77.2 Å². The molecule has 0 radical (unpaired) electrons. The highest BCUT2D eigenvalue weighted by Gasteiger charge is 2.17. The fraction of sp³-hybridized carbons (Fsp3) is 0.192. The van der Waals surface area contributed by atoms with E-state index in [2.05, 4.69) is 27.7 Å². The van der Waals surface area contributed by atoms with Gasteiger partial charge < -0.3 is 15.1 Å². The number of piperazine rings is 1. The SMILES string of the molecule is O=C(Nc1ccccc1-c1cc2c(CN3CCNCC3)cccc2o1)c1ccc(Cl)cc1. The largest absolute Gasteiger partial charge is 0.456 e. The van der Waals surface area contributed by atoms with E-state index in [0.717, 1.165) is 55.0 Å². The van der Waals surface area contributed by atoms with E-state index < -0.39 is 0 Å². The van der Waals surface area contributed by atoms with Crippen LogP contribution in [0.3, 0.4) is 0 Å². The fourth-order valence-corrected chi connectivity index (χ4v) is 4.23. The first kappa shape index (κ1) is 20.8. The molecule has 0 bridgehead atoms. The summed E-state index contributed by atoms with van der Waals surface area (Å²) in [5.41, 5.74) is 4.20. The summed E-state index contributed by atoms with van der Waals surface area (Å²) < 4.78 is 6.23. The number of anilines is 1. The monoisotopic (exact) mass is 445 g/mol. The van der Waals surface area contributed by atoms with Gasteiger partial charge in [0.25, 0.3) is 5.91 Å². The van der Waals surface area contributed by atoms with Crippen LogP contribution in [0.4, 0.5) is 5.69 Å². The van der Waals surface area contributed by atoms with Crippen molar-refractivity contribution in [3.63, 3.8) is 0 Å². The van der Waals surface area contributed by atoms with Crippen molar-refractivity contribution < 1.29 is 9.21 Å². The molecule has 0 atom stereocenters. The summed E-state index contributed by atoms with van der Waals surface area (Å²) in [6.07, 6.45) is 0. The Morgan fingerprint density at radius 1 is 1.00 bits per heavy atom. The number of amides is 1. The smallest absolute Gasteiger partial charge is 0.255 e. The molecule has 0 saturated carbocycles. The lowest BCUT2D eigenvalue weighted by atomic mass is 10.1.